The minimum Gasteiger partial charge on any atom is -0.305 e. The van der Waals surface area contributed by atoms with Gasteiger partial charge in [0, 0.05) is 12.6 Å². The van der Waals surface area contributed by atoms with Gasteiger partial charge in [-0.1, -0.05) is 50.2 Å². The lowest BCUT2D eigenvalue weighted by Crippen LogP contribution is -2.37. The Balaban J connectivity index is 1.81. The van der Waals surface area contributed by atoms with Gasteiger partial charge in [0.25, 0.3) is 0 Å². The first-order valence-electron chi connectivity index (χ1n) is 7.62. The van der Waals surface area contributed by atoms with Crippen LogP contribution in [0.2, 0.25) is 0 Å². The molecule has 1 nitrogen and oxygen atoms in total. The molecule has 0 heterocycles. The Hall–Kier alpha value is -1.67. The lowest BCUT2D eigenvalue weighted by atomic mass is 9.70. The second-order valence-electron chi connectivity index (χ2n) is 6.63. The summed E-state index contributed by atoms with van der Waals surface area (Å²) < 4.78 is 13.0. The molecule has 3 rings (SSSR count). The van der Waals surface area contributed by atoms with Crippen LogP contribution in [-0.4, -0.2) is 0 Å². The summed E-state index contributed by atoms with van der Waals surface area (Å²) in [6, 6.07) is 15.8. The summed E-state index contributed by atoms with van der Waals surface area (Å²) in [6.45, 7) is 5.42. The van der Waals surface area contributed by atoms with Crippen molar-refractivity contribution in [2.45, 2.75) is 39.3 Å². The Kier molecular flexibility index (Phi) is 3.81. The van der Waals surface area contributed by atoms with Crippen LogP contribution < -0.4 is 5.32 Å². The summed E-state index contributed by atoms with van der Waals surface area (Å²) in [5.74, 6) is -0.179. The quantitative estimate of drug-likeness (QED) is 0.866. The van der Waals surface area contributed by atoms with Crippen molar-refractivity contribution in [3.05, 3.63) is 71.0 Å². The molecule has 1 unspecified atom stereocenters. The molecule has 1 aliphatic rings. The zero-order valence-electron chi connectivity index (χ0n) is 12.7. The van der Waals surface area contributed by atoms with E-state index in [1.165, 1.54) is 29.7 Å². The van der Waals surface area contributed by atoms with Crippen molar-refractivity contribution >= 4 is 0 Å². The maximum absolute atomic E-state index is 13.0. The average molecular weight is 283 g/mol. The van der Waals surface area contributed by atoms with Crippen molar-refractivity contribution < 1.29 is 4.39 Å². The minimum atomic E-state index is -0.179. The molecule has 21 heavy (non-hydrogen) atoms. The molecular weight excluding hydrogens is 261 g/mol. The van der Waals surface area contributed by atoms with E-state index < -0.39 is 0 Å². The molecule has 0 aliphatic heterocycles. The number of fused-ring (bicyclic) bond motifs is 1. The molecule has 0 bridgehead atoms. The van der Waals surface area contributed by atoms with Crippen molar-refractivity contribution in [2.75, 3.05) is 0 Å². The Labute approximate surface area is 126 Å². The van der Waals surface area contributed by atoms with E-state index in [9.17, 15) is 4.39 Å². The predicted molar refractivity (Wildman–Crippen MR) is 84.5 cm³/mol. The van der Waals surface area contributed by atoms with Gasteiger partial charge in [-0.15, -0.1) is 0 Å². The lowest BCUT2D eigenvalue weighted by Gasteiger charge is -2.40. The van der Waals surface area contributed by atoms with Crippen LogP contribution in [0, 0.1) is 11.2 Å². The highest BCUT2D eigenvalue weighted by molar-refractivity contribution is 5.34. The number of halogens is 1. The largest absolute Gasteiger partial charge is 0.305 e. The summed E-state index contributed by atoms with van der Waals surface area (Å²) in [5.41, 5.74) is 4.22. The monoisotopic (exact) mass is 283 g/mol. The summed E-state index contributed by atoms with van der Waals surface area (Å²) in [5, 5.41) is 3.68. The third kappa shape index (κ3) is 3.01. The summed E-state index contributed by atoms with van der Waals surface area (Å²) in [4.78, 5) is 0. The normalized spacial score (nSPS) is 20.0. The van der Waals surface area contributed by atoms with Gasteiger partial charge in [-0.05, 0) is 47.1 Å². The summed E-state index contributed by atoms with van der Waals surface area (Å²) in [7, 11) is 0. The van der Waals surface area contributed by atoms with E-state index in [0.717, 1.165) is 18.5 Å². The average Bonchev–Trinajstić information content (AvgIpc) is 2.48. The Morgan fingerprint density at radius 3 is 2.57 bits per heavy atom. The molecule has 110 valence electrons. The van der Waals surface area contributed by atoms with Crippen LogP contribution in [0.4, 0.5) is 4.39 Å². The standard InChI is InChI=1S/C19H22FN/c1-19(2)12-11-15-5-3-4-6-17(15)18(19)21-13-14-7-9-16(20)10-8-14/h3-10,18,21H,11-13H2,1-2H3. The Bertz CT molecular complexity index is 616. The predicted octanol–water partition coefficient (Wildman–Crippen LogP) is 4.63. The minimum absolute atomic E-state index is 0.179. The van der Waals surface area contributed by atoms with Gasteiger partial charge < -0.3 is 5.32 Å². The van der Waals surface area contributed by atoms with Crippen LogP contribution in [0.1, 0.15) is 43.0 Å². The molecule has 0 fully saturated rings. The van der Waals surface area contributed by atoms with Gasteiger partial charge in [-0.25, -0.2) is 4.39 Å². The zero-order valence-corrected chi connectivity index (χ0v) is 12.7. The van der Waals surface area contributed by atoms with Crippen molar-refractivity contribution in [1.82, 2.24) is 5.32 Å². The molecular formula is C19H22FN. The van der Waals surface area contributed by atoms with Crippen LogP contribution in [0.15, 0.2) is 48.5 Å². The van der Waals surface area contributed by atoms with Crippen LogP contribution in [0.25, 0.3) is 0 Å². The van der Waals surface area contributed by atoms with Crippen molar-refractivity contribution in [3.8, 4) is 0 Å². The smallest absolute Gasteiger partial charge is 0.123 e. The van der Waals surface area contributed by atoms with E-state index in [0.29, 0.717) is 6.04 Å². The third-order valence-corrected chi connectivity index (χ3v) is 4.61. The van der Waals surface area contributed by atoms with Crippen molar-refractivity contribution in [1.29, 1.82) is 0 Å². The van der Waals surface area contributed by atoms with E-state index in [2.05, 4.69) is 43.4 Å². The molecule has 2 aromatic carbocycles. The highest BCUT2D eigenvalue weighted by Crippen LogP contribution is 2.43. The maximum atomic E-state index is 13.0. The van der Waals surface area contributed by atoms with Crippen LogP contribution in [0.3, 0.4) is 0 Å². The van der Waals surface area contributed by atoms with Crippen molar-refractivity contribution in [2.24, 2.45) is 5.41 Å². The second-order valence-corrected chi connectivity index (χ2v) is 6.63. The van der Waals surface area contributed by atoms with E-state index >= 15 is 0 Å². The van der Waals surface area contributed by atoms with E-state index in [1.807, 2.05) is 12.1 Å². The fourth-order valence-electron chi connectivity index (χ4n) is 3.27. The Morgan fingerprint density at radius 2 is 1.81 bits per heavy atom. The number of aryl methyl sites for hydroxylation is 1. The van der Waals surface area contributed by atoms with E-state index in [-0.39, 0.29) is 11.2 Å². The topological polar surface area (TPSA) is 12.0 Å². The summed E-state index contributed by atoms with van der Waals surface area (Å²) in [6.07, 6.45) is 2.34. The molecule has 0 saturated heterocycles. The molecule has 0 saturated carbocycles. The number of hydrogen-bond acceptors (Lipinski definition) is 1. The van der Waals surface area contributed by atoms with E-state index in [1.54, 1.807) is 0 Å². The van der Waals surface area contributed by atoms with Gasteiger partial charge in [0.2, 0.25) is 0 Å². The van der Waals surface area contributed by atoms with Gasteiger partial charge in [0.1, 0.15) is 5.82 Å². The fraction of sp³-hybridized carbons (Fsp3) is 0.368. The van der Waals surface area contributed by atoms with Crippen LogP contribution in [-0.2, 0) is 13.0 Å². The molecule has 0 aromatic heterocycles. The molecule has 2 heteroatoms. The SMILES string of the molecule is CC1(C)CCc2ccccc2C1NCc1ccc(F)cc1. The van der Waals surface area contributed by atoms with Crippen LogP contribution >= 0.6 is 0 Å². The number of nitrogens with one attached hydrogen (secondary N) is 1. The van der Waals surface area contributed by atoms with Gasteiger partial charge >= 0.3 is 0 Å². The van der Waals surface area contributed by atoms with Gasteiger partial charge in [-0.2, -0.15) is 0 Å². The molecule has 0 spiro atoms. The third-order valence-electron chi connectivity index (χ3n) is 4.61. The highest BCUT2D eigenvalue weighted by Gasteiger charge is 2.35. The number of hydrogen-bond donors (Lipinski definition) is 1. The first-order valence-corrected chi connectivity index (χ1v) is 7.62. The second kappa shape index (κ2) is 5.61. The van der Waals surface area contributed by atoms with Crippen LogP contribution in [0.5, 0.6) is 0 Å². The molecule has 0 radical (unpaired) electrons. The molecule has 1 aliphatic carbocycles. The fourth-order valence-corrected chi connectivity index (χ4v) is 3.27. The number of rotatable bonds is 3. The number of benzene rings is 2. The lowest BCUT2D eigenvalue weighted by molar-refractivity contribution is 0.208. The highest BCUT2D eigenvalue weighted by atomic mass is 19.1. The maximum Gasteiger partial charge on any atom is 0.123 e. The van der Waals surface area contributed by atoms with Crippen molar-refractivity contribution in [3.63, 3.8) is 0 Å². The first kappa shape index (κ1) is 14.3. The zero-order chi connectivity index (χ0) is 14.9. The van der Waals surface area contributed by atoms with Gasteiger partial charge in [0.15, 0.2) is 0 Å². The Morgan fingerprint density at radius 1 is 1.10 bits per heavy atom. The first-order chi connectivity index (χ1) is 10.1. The molecule has 1 N–H and O–H groups in total. The van der Waals surface area contributed by atoms with Gasteiger partial charge in [-0.3, -0.25) is 0 Å². The molecule has 1 atom stereocenters. The molecule has 2 aromatic rings. The van der Waals surface area contributed by atoms with E-state index in [4.69, 9.17) is 0 Å². The van der Waals surface area contributed by atoms with Gasteiger partial charge in [0.05, 0.1) is 0 Å². The molecule has 0 amide bonds. The summed E-state index contributed by atoms with van der Waals surface area (Å²) >= 11 is 0.